The van der Waals surface area contributed by atoms with Gasteiger partial charge in [-0.25, -0.2) is 18.4 Å². The second kappa shape index (κ2) is 5.18. The molecule has 0 spiro atoms. The van der Waals surface area contributed by atoms with Gasteiger partial charge in [0.2, 0.25) is 15.0 Å². The Morgan fingerprint density at radius 1 is 1.09 bits per heavy atom. The SMILES string of the molecule is CS(=O)(=O)c1nc2c(c(NC3CC4CCC3C4)n1)CCCC2. The van der Waals surface area contributed by atoms with Crippen LogP contribution < -0.4 is 5.32 Å². The molecule has 1 heterocycles. The minimum atomic E-state index is -3.36. The highest BCUT2D eigenvalue weighted by Crippen LogP contribution is 2.45. The maximum atomic E-state index is 11.9. The average molecular weight is 321 g/mol. The zero-order valence-electron chi connectivity index (χ0n) is 13.0. The van der Waals surface area contributed by atoms with Crippen molar-refractivity contribution in [2.45, 2.75) is 62.6 Å². The van der Waals surface area contributed by atoms with Crippen molar-refractivity contribution < 1.29 is 8.42 Å². The van der Waals surface area contributed by atoms with Gasteiger partial charge in [-0.15, -0.1) is 0 Å². The number of aryl methyl sites for hydroxylation is 1. The Hall–Kier alpha value is -1.17. The molecule has 2 bridgehead atoms. The Bertz CT molecular complexity index is 702. The van der Waals surface area contributed by atoms with E-state index in [1.807, 2.05) is 0 Å². The lowest BCUT2D eigenvalue weighted by atomic mass is 9.93. The van der Waals surface area contributed by atoms with E-state index in [4.69, 9.17) is 0 Å². The largest absolute Gasteiger partial charge is 0.367 e. The maximum absolute atomic E-state index is 11.9. The van der Waals surface area contributed by atoms with Gasteiger partial charge in [-0.05, 0) is 56.8 Å². The van der Waals surface area contributed by atoms with Gasteiger partial charge in [0.05, 0.1) is 5.69 Å². The Balaban J connectivity index is 1.70. The van der Waals surface area contributed by atoms with E-state index < -0.39 is 9.84 Å². The highest BCUT2D eigenvalue weighted by molar-refractivity contribution is 7.90. The van der Waals surface area contributed by atoms with Gasteiger partial charge in [0.1, 0.15) is 5.82 Å². The number of rotatable bonds is 3. The smallest absolute Gasteiger partial charge is 0.248 e. The fourth-order valence-corrected chi connectivity index (χ4v) is 4.99. The van der Waals surface area contributed by atoms with E-state index in [1.165, 1.54) is 31.9 Å². The zero-order valence-corrected chi connectivity index (χ0v) is 13.8. The van der Waals surface area contributed by atoms with E-state index >= 15 is 0 Å². The zero-order chi connectivity index (χ0) is 15.3. The lowest BCUT2D eigenvalue weighted by molar-refractivity contribution is 0.437. The molecule has 3 aliphatic rings. The fraction of sp³-hybridized carbons (Fsp3) is 0.750. The molecular formula is C16H23N3O2S. The summed E-state index contributed by atoms with van der Waals surface area (Å²) in [6.07, 6.45) is 10.4. The van der Waals surface area contributed by atoms with Crippen LogP contribution in [0.25, 0.3) is 0 Å². The van der Waals surface area contributed by atoms with Crippen LogP contribution in [-0.2, 0) is 22.7 Å². The number of aromatic nitrogens is 2. The highest BCUT2D eigenvalue weighted by atomic mass is 32.2. The average Bonchev–Trinajstić information content (AvgIpc) is 3.09. The first-order chi connectivity index (χ1) is 10.5. The number of hydrogen-bond acceptors (Lipinski definition) is 5. The van der Waals surface area contributed by atoms with E-state index in [0.717, 1.165) is 54.6 Å². The summed E-state index contributed by atoms with van der Waals surface area (Å²) >= 11 is 0. The molecule has 5 nitrogen and oxygen atoms in total. The molecule has 3 unspecified atom stereocenters. The maximum Gasteiger partial charge on any atom is 0.248 e. The van der Waals surface area contributed by atoms with Crippen LogP contribution in [0.4, 0.5) is 5.82 Å². The van der Waals surface area contributed by atoms with Crippen LogP contribution in [0.15, 0.2) is 5.16 Å². The van der Waals surface area contributed by atoms with E-state index in [9.17, 15) is 8.42 Å². The van der Waals surface area contributed by atoms with Gasteiger partial charge >= 0.3 is 0 Å². The van der Waals surface area contributed by atoms with Gasteiger partial charge in [-0.2, -0.15) is 0 Å². The van der Waals surface area contributed by atoms with Crippen molar-refractivity contribution in [3.63, 3.8) is 0 Å². The number of nitrogens with one attached hydrogen (secondary N) is 1. The van der Waals surface area contributed by atoms with E-state index in [2.05, 4.69) is 15.3 Å². The van der Waals surface area contributed by atoms with Gasteiger partial charge < -0.3 is 5.32 Å². The van der Waals surface area contributed by atoms with Gasteiger partial charge in [-0.3, -0.25) is 0 Å². The summed E-state index contributed by atoms with van der Waals surface area (Å²) in [5.41, 5.74) is 2.09. The Morgan fingerprint density at radius 2 is 1.91 bits per heavy atom. The van der Waals surface area contributed by atoms with Crippen LogP contribution in [-0.4, -0.2) is 30.7 Å². The highest BCUT2D eigenvalue weighted by Gasteiger charge is 2.40. The van der Waals surface area contributed by atoms with Gasteiger partial charge in [-0.1, -0.05) is 6.42 Å². The van der Waals surface area contributed by atoms with Gasteiger partial charge in [0.25, 0.3) is 0 Å². The van der Waals surface area contributed by atoms with Crippen LogP contribution >= 0.6 is 0 Å². The third kappa shape index (κ3) is 2.51. The molecule has 3 aliphatic carbocycles. The molecule has 0 amide bonds. The van der Waals surface area contributed by atoms with Crippen molar-refractivity contribution in [3.05, 3.63) is 11.3 Å². The standard InChI is InChI=1S/C16H23N3O2S/c1-22(20,21)16-18-13-5-3-2-4-12(13)15(19-16)17-14-9-10-6-7-11(14)8-10/h10-11,14H,2-9H2,1H3,(H,17,18,19). The Morgan fingerprint density at radius 3 is 2.59 bits per heavy atom. The molecular weight excluding hydrogens is 298 g/mol. The molecule has 2 saturated carbocycles. The minimum absolute atomic E-state index is 0.0150. The molecule has 3 atom stereocenters. The van der Waals surface area contributed by atoms with Crippen LogP contribution in [0.2, 0.25) is 0 Å². The predicted octanol–water partition coefficient (Wildman–Crippen LogP) is 2.36. The Kier molecular flexibility index (Phi) is 3.40. The summed E-state index contributed by atoms with van der Waals surface area (Å²) in [6, 6.07) is 0.465. The molecule has 22 heavy (non-hydrogen) atoms. The van der Waals surface area contributed by atoms with Crippen LogP contribution in [0.1, 0.15) is 49.8 Å². The molecule has 1 N–H and O–H groups in total. The summed E-state index contributed by atoms with van der Waals surface area (Å²) < 4.78 is 23.8. The van der Waals surface area contributed by atoms with Crippen LogP contribution in [0.3, 0.4) is 0 Å². The van der Waals surface area contributed by atoms with Crippen LogP contribution in [0.5, 0.6) is 0 Å². The predicted molar refractivity (Wildman–Crippen MR) is 84.6 cm³/mol. The lowest BCUT2D eigenvalue weighted by Crippen LogP contribution is -2.28. The molecule has 1 aromatic rings. The summed E-state index contributed by atoms with van der Waals surface area (Å²) in [4.78, 5) is 8.72. The number of anilines is 1. The first kappa shape index (κ1) is 14.4. The normalized spacial score (nSPS) is 30.3. The molecule has 4 rings (SSSR count). The molecule has 6 heteroatoms. The van der Waals surface area contributed by atoms with E-state index in [0.29, 0.717) is 6.04 Å². The van der Waals surface area contributed by atoms with Crippen molar-refractivity contribution in [1.82, 2.24) is 9.97 Å². The minimum Gasteiger partial charge on any atom is -0.367 e. The monoisotopic (exact) mass is 321 g/mol. The van der Waals surface area contributed by atoms with Crippen molar-refractivity contribution in [2.75, 3.05) is 11.6 Å². The Labute approximate surface area is 131 Å². The third-order valence-corrected chi connectivity index (χ3v) is 6.40. The summed E-state index contributed by atoms with van der Waals surface area (Å²) in [6.45, 7) is 0. The van der Waals surface area contributed by atoms with Crippen molar-refractivity contribution >= 4 is 15.7 Å². The lowest BCUT2D eigenvalue weighted by Gasteiger charge is -2.26. The van der Waals surface area contributed by atoms with Gasteiger partial charge in [0, 0.05) is 17.9 Å². The van der Waals surface area contributed by atoms with Crippen molar-refractivity contribution in [1.29, 1.82) is 0 Å². The number of nitrogens with zero attached hydrogens (tertiary/aromatic N) is 2. The molecule has 120 valence electrons. The first-order valence-electron chi connectivity index (χ1n) is 8.37. The van der Waals surface area contributed by atoms with Crippen molar-refractivity contribution in [3.8, 4) is 0 Å². The topological polar surface area (TPSA) is 72.0 Å². The molecule has 0 aliphatic heterocycles. The van der Waals surface area contributed by atoms with E-state index in [1.54, 1.807) is 0 Å². The van der Waals surface area contributed by atoms with E-state index in [-0.39, 0.29) is 5.16 Å². The summed E-state index contributed by atoms with van der Waals surface area (Å²) in [5.74, 6) is 2.39. The quantitative estimate of drug-likeness (QED) is 0.865. The second-order valence-electron chi connectivity index (χ2n) is 7.18. The molecule has 0 radical (unpaired) electrons. The number of sulfone groups is 1. The van der Waals surface area contributed by atoms with Crippen LogP contribution in [0, 0.1) is 11.8 Å². The first-order valence-corrected chi connectivity index (χ1v) is 10.3. The van der Waals surface area contributed by atoms with Gasteiger partial charge in [0.15, 0.2) is 0 Å². The molecule has 2 fully saturated rings. The molecule has 0 saturated heterocycles. The number of fused-ring (bicyclic) bond motifs is 3. The second-order valence-corrected chi connectivity index (χ2v) is 9.09. The summed E-state index contributed by atoms with van der Waals surface area (Å²) in [5, 5.41) is 3.58. The number of hydrogen-bond donors (Lipinski definition) is 1. The van der Waals surface area contributed by atoms with Crippen molar-refractivity contribution in [2.24, 2.45) is 11.8 Å². The summed E-state index contributed by atoms with van der Waals surface area (Å²) in [7, 11) is -3.36. The molecule has 1 aromatic heterocycles. The third-order valence-electron chi connectivity index (χ3n) is 5.55. The molecule has 0 aromatic carbocycles. The fourth-order valence-electron chi connectivity index (χ4n) is 4.45.